The molecule has 0 heterocycles. The lowest BCUT2D eigenvalue weighted by atomic mass is 9.85. The Morgan fingerprint density at radius 2 is 1.89 bits per heavy atom. The molecule has 2 aliphatic rings. The molecule has 0 aromatic heterocycles. The molecule has 2 aromatic rings. The smallest absolute Gasteiger partial charge is 0.255 e. The molecule has 3 N–H and O–H groups in total. The topological polar surface area (TPSA) is 113 Å². The second kappa shape index (κ2) is 9.55. The molecule has 188 valence electrons. The quantitative estimate of drug-likeness (QED) is 0.354. The monoisotopic (exact) mass is 531 g/mol. The van der Waals surface area contributed by atoms with Crippen LogP contribution in [-0.2, 0) is 14.6 Å². The number of benzene rings is 2. The number of hydrogen-bond donors (Lipinski definition) is 3. The molecule has 2 atom stereocenters. The fraction of sp³-hybridized carbons (Fsp3) is 0.348. The Hall–Kier alpha value is -2.44. The molecule has 0 aliphatic heterocycles. The second-order valence-electron chi connectivity index (χ2n) is 8.45. The predicted octanol–water partition coefficient (Wildman–Crippen LogP) is 3.59. The zero-order valence-electron chi connectivity index (χ0n) is 18.2. The summed E-state index contributed by atoms with van der Waals surface area (Å²) in [6.07, 6.45) is 1.01. The number of allylic oxidation sites excluding steroid dienone is 1. The number of aliphatic hydroxyl groups is 2. The van der Waals surface area contributed by atoms with Crippen molar-refractivity contribution in [3.05, 3.63) is 68.8 Å². The first kappa shape index (κ1) is 25.6. The fourth-order valence-electron chi connectivity index (χ4n) is 4.64. The molecular weight excluding hydrogens is 511 g/mol. The van der Waals surface area contributed by atoms with Gasteiger partial charge in [-0.2, -0.15) is 0 Å². The molecule has 1 unspecified atom stereocenters. The summed E-state index contributed by atoms with van der Waals surface area (Å²) in [5.41, 5.74) is -1.70. The summed E-state index contributed by atoms with van der Waals surface area (Å²) < 4.78 is 72.5. The maximum absolute atomic E-state index is 13.6. The molecule has 0 saturated carbocycles. The third-order valence-corrected chi connectivity index (χ3v) is 8.66. The Morgan fingerprint density at radius 3 is 2.54 bits per heavy atom. The van der Waals surface area contributed by atoms with Crippen molar-refractivity contribution >= 4 is 33.0 Å². The lowest BCUT2D eigenvalue weighted by Gasteiger charge is -2.30. The van der Waals surface area contributed by atoms with Crippen LogP contribution in [0.1, 0.15) is 29.6 Å². The first-order chi connectivity index (χ1) is 16.5. The summed E-state index contributed by atoms with van der Waals surface area (Å²) in [7, 11) is -4.22. The van der Waals surface area contributed by atoms with E-state index in [2.05, 4.69) is 5.32 Å². The average molecular weight is 532 g/mol. The molecule has 35 heavy (non-hydrogen) atoms. The van der Waals surface area contributed by atoms with Crippen LogP contribution >= 0.6 is 11.6 Å². The Labute approximate surface area is 204 Å². The van der Waals surface area contributed by atoms with Gasteiger partial charge in [-0.3, -0.25) is 4.79 Å². The molecule has 12 heteroatoms. The van der Waals surface area contributed by atoms with Crippen LogP contribution in [0.3, 0.4) is 0 Å². The Kier molecular flexibility index (Phi) is 7.00. The van der Waals surface area contributed by atoms with Gasteiger partial charge in [0.1, 0.15) is 5.60 Å². The van der Waals surface area contributed by atoms with Gasteiger partial charge in [0.25, 0.3) is 5.91 Å². The standard InChI is InChI=1S/C23H21ClF3NO6S/c24-16-4-2-12(22(30)28-14-8-17(25)20(27)18(26)9-14)7-19(16)35(32,33)21-13-1-3-15(21)23(31,10-13)11-34-6-5-29/h2,4,7-9,13,29,31H,1,3,5-6,10-11H2,(H,28,30)/t13?,23-/m0/s1. The molecule has 4 rings (SSSR count). The van der Waals surface area contributed by atoms with Gasteiger partial charge in [0, 0.05) is 23.4 Å². The molecule has 0 saturated heterocycles. The zero-order valence-corrected chi connectivity index (χ0v) is 19.7. The lowest BCUT2D eigenvalue weighted by molar-refractivity contribution is -0.0401. The van der Waals surface area contributed by atoms with Gasteiger partial charge in [0.05, 0.1) is 34.6 Å². The van der Waals surface area contributed by atoms with Crippen molar-refractivity contribution < 1.29 is 41.3 Å². The van der Waals surface area contributed by atoms with E-state index in [1.54, 1.807) is 0 Å². The molecule has 0 fully saturated rings. The van der Waals surface area contributed by atoms with Crippen LogP contribution in [0.25, 0.3) is 0 Å². The van der Waals surface area contributed by atoms with Crippen LogP contribution in [0, 0.1) is 23.4 Å². The van der Waals surface area contributed by atoms with Crippen molar-refractivity contribution in [2.45, 2.75) is 29.8 Å². The second-order valence-corrected chi connectivity index (χ2v) is 10.7. The predicted molar refractivity (Wildman–Crippen MR) is 120 cm³/mol. The molecule has 1 amide bonds. The van der Waals surface area contributed by atoms with Crippen molar-refractivity contribution in [3.63, 3.8) is 0 Å². The lowest BCUT2D eigenvalue weighted by Crippen LogP contribution is -2.37. The van der Waals surface area contributed by atoms with Crippen molar-refractivity contribution in [2.24, 2.45) is 5.92 Å². The number of anilines is 1. The molecule has 0 radical (unpaired) electrons. The minimum absolute atomic E-state index is 0.00677. The van der Waals surface area contributed by atoms with Crippen LogP contribution in [-0.4, -0.2) is 50.0 Å². The number of carbonyl (C=O) groups excluding carboxylic acids is 1. The van der Waals surface area contributed by atoms with Gasteiger partial charge < -0.3 is 20.3 Å². The van der Waals surface area contributed by atoms with Gasteiger partial charge >= 0.3 is 0 Å². The molecule has 2 bridgehead atoms. The average Bonchev–Trinajstić information content (AvgIpc) is 3.34. The summed E-state index contributed by atoms with van der Waals surface area (Å²) >= 11 is 6.18. The summed E-state index contributed by atoms with van der Waals surface area (Å²) in [5, 5.41) is 22.0. The van der Waals surface area contributed by atoms with Crippen LogP contribution in [0.15, 0.2) is 45.7 Å². The van der Waals surface area contributed by atoms with Crippen LogP contribution in [0.2, 0.25) is 5.02 Å². The number of sulfone groups is 1. The normalized spacial score (nSPS) is 21.6. The van der Waals surface area contributed by atoms with E-state index in [0.29, 0.717) is 30.5 Å². The fourth-order valence-corrected chi connectivity index (χ4v) is 7.16. The van der Waals surface area contributed by atoms with Crippen molar-refractivity contribution in [2.75, 3.05) is 25.1 Å². The number of nitrogens with one attached hydrogen (secondary N) is 1. The van der Waals surface area contributed by atoms with Crippen molar-refractivity contribution in [1.29, 1.82) is 0 Å². The van der Waals surface area contributed by atoms with Crippen LogP contribution in [0.4, 0.5) is 18.9 Å². The van der Waals surface area contributed by atoms with E-state index >= 15 is 0 Å². The van der Waals surface area contributed by atoms with Gasteiger partial charge in [-0.15, -0.1) is 0 Å². The van der Waals surface area contributed by atoms with E-state index in [1.807, 2.05) is 0 Å². The highest BCUT2D eigenvalue weighted by atomic mass is 35.5. The number of fused-ring (bicyclic) bond motifs is 1. The summed E-state index contributed by atoms with van der Waals surface area (Å²) in [4.78, 5) is 12.3. The van der Waals surface area contributed by atoms with E-state index < -0.39 is 44.7 Å². The first-order valence-electron chi connectivity index (χ1n) is 10.6. The van der Waals surface area contributed by atoms with E-state index in [-0.39, 0.29) is 52.3 Å². The molecule has 7 nitrogen and oxygen atoms in total. The third-order valence-electron chi connectivity index (χ3n) is 6.15. The van der Waals surface area contributed by atoms with Crippen LogP contribution in [0.5, 0.6) is 0 Å². The number of hydrogen-bond acceptors (Lipinski definition) is 6. The maximum atomic E-state index is 13.6. The number of amides is 1. The number of aliphatic hydroxyl groups excluding tert-OH is 1. The largest absolute Gasteiger partial charge is 0.394 e. The Balaban J connectivity index is 1.66. The molecular formula is C23H21ClF3NO6S. The minimum atomic E-state index is -4.22. The Morgan fingerprint density at radius 1 is 1.20 bits per heavy atom. The van der Waals surface area contributed by atoms with Gasteiger partial charge in [-0.1, -0.05) is 11.6 Å². The third kappa shape index (κ3) is 4.70. The van der Waals surface area contributed by atoms with Crippen molar-refractivity contribution in [3.8, 4) is 0 Å². The van der Waals surface area contributed by atoms with E-state index in [0.717, 1.165) is 6.07 Å². The number of carbonyl (C=O) groups is 1. The molecule has 2 aliphatic carbocycles. The summed E-state index contributed by atoms with van der Waals surface area (Å²) in [5.74, 6) is -6.05. The highest BCUT2D eigenvalue weighted by Crippen LogP contribution is 2.54. The Bertz CT molecular complexity index is 1310. The number of halogens is 4. The van der Waals surface area contributed by atoms with Crippen LogP contribution < -0.4 is 5.32 Å². The van der Waals surface area contributed by atoms with E-state index in [4.69, 9.17) is 21.4 Å². The molecule has 0 spiro atoms. The molecule has 2 aromatic carbocycles. The van der Waals surface area contributed by atoms with Crippen molar-refractivity contribution in [1.82, 2.24) is 0 Å². The van der Waals surface area contributed by atoms with E-state index in [9.17, 15) is 31.5 Å². The zero-order chi connectivity index (χ0) is 25.5. The highest BCUT2D eigenvalue weighted by molar-refractivity contribution is 7.95. The highest BCUT2D eigenvalue weighted by Gasteiger charge is 2.52. The van der Waals surface area contributed by atoms with Gasteiger partial charge in [-0.05, 0) is 49.0 Å². The number of ether oxygens (including phenoxy) is 1. The minimum Gasteiger partial charge on any atom is -0.394 e. The van der Waals surface area contributed by atoms with Gasteiger partial charge in [-0.25, -0.2) is 21.6 Å². The number of rotatable bonds is 8. The maximum Gasteiger partial charge on any atom is 0.255 e. The van der Waals surface area contributed by atoms with Gasteiger partial charge in [0.2, 0.25) is 9.84 Å². The first-order valence-corrected chi connectivity index (χ1v) is 12.5. The van der Waals surface area contributed by atoms with Gasteiger partial charge in [0.15, 0.2) is 17.5 Å². The SMILES string of the molecule is O=C(Nc1cc(F)c(F)c(F)c1)c1ccc(Cl)c(S(=O)(=O)C2=C3CCC2C[C@]3(O)COCCO)c1. The van der Waals surface area contributed by atoms with E-state index in [1.165, 1.54) is 12.1 Å². The summed E-state index contributed by atoms with van der Waals surface area (Å²) in [6, 6.07) is 4.65. The summed E-state index contributed by atoms with van der Waals surface area (Å²) in [6.45, 7) is -0.419.